The fraction of sp³-hybridized carbons (Fsp3) is 0.562. The van der Waals surface area contributed by atoms with E-state index in [1.165, 1.54) is 0 Å². The summed E-state index contributed by atoms with van der Waals surface area (Å²) in [6.45, 7) is 6.48. The van der Waals surface area contributed by atoms with E-state index in [-0.39, 0.29) is 30.5 Å². The van der Waals surface area contributed by atoms with Gasteiger partial charge in [0.15, 0.2) is 5.96 Å². The van der Waals surface area contributed by atoms with Gasteiger partial charge in [0.1, 0.15) is 5.60 Å². The molecule has 1 atom stereocenters. The van der Waals surface area contributed by atoms with Crippen LogP contribution in [-0.2, 0) is 19.2 Å². The Morgan fingerprint density at radius 3 is 2.80 bits per heavy atom. The van der Waals surface area contributed by atoms with Crippen molar-refractivity contribution >= 4 is 29.9 Å². The zero-order valence-electron chi connectivity index (χ0n) is 15.0. The first-order valence-corrected chi connectivity index (χ1v) is 8.20. The fourth-order valence-electron chi connectivity index (χ4n) is 2.25. The SMILES string of the molecule is CCNC(=NCC(C)(O)c1cnn(C)c1)NCCCn1ccnc1.I. The zero-order chi connectivity index (χ0) is 17.4. The first-order chi connectivity index (χ1) is 11.5. The number of hydrogen-bond donors (Lipinski definition) is 3. The van der Waals surface area contributed by atoms with Crippen molar-refractivity contribution in [1.29, 1.82) is 0 Å². The summed E-state index contributed by atoms with van der Waals surface area (Å²) in [7, 11) is 1.83. The molecule has 2 aromatic rings. The van der Waals surface area contributed by atoms with Crippen LogP contribution in [0.2, 0.25) is 0 Å². The van der Waals surface area contributed by atoms with Gasteiger partial charge in [-0.3, -0.25) is 4.68 Å². The number of nitrogens with zero attached hydrogens (tertiary/aromatic N) is 5. The van der Waals surface area contributed by atoms with Gasteiger partial charge in [0.05, 0.1) is 19.1 Å². The van der Waals surface area contributed by atoms with Crippen LogP contribution in [0.15, 0.2) is 36.1 Å². The van der Waals surface area contributed by atoms with Gasteiger partial charge >= 0.3 is 0 Å². The van der Waals surface area contributed by atoms with Crippen molar-refractivity contribution in [3.8, 4) is 0 Å². The normalized spacial score (nSPS) is 13.8. The fourth-order valence-corrected chi connectivity index (χ4v) is 2.25. The van der Waals surface area contributed by atoms with Crippen LogP contribution in [0.4, 0.5) is 0 Å². The third-order valence-electron chi connectivity index (χ3n) is 3.66. The summed E-state index contributed by atoms with van der Waals surface area (Å²) in [4.78, 5) is 8.52. The van der Waals surface area contributed by atoms with E-state index >= 15 is 0 Å². The summed E-state index contributed by atoms with van der Waals surface area (Å²) in [5.74, 6) is 0.701. The van der Waals surface area contributed by atoms with Crippen molar-refractivity contribution in [2.75, 3.05) is 19.6 Å². The van der Waals surface area contributed by atoms with E-state index in [1.54, 1.807) is 30.2 Å². The van der Waals surface area contributed by atoms with Gasteiger partial charge in [0.25, 0.3) is 0 Å². The Balaban J connectivity index is 0.00000312. The summed E-state index contributed by atoms with van der Waals surface area (Å²) in [5.41, 5.74) is -0.294. The van der Waals surface area contributed by atoms with Gasteiger partial charge in [-0.05, 0) is 20.3 Å². The molecule has 2 aromatic heterocycles. The number of aliphatic hydroxyl groups is 1. The van der Waals surface area contributed by atoms with Gasteiger partial charge in [-0.2, -0.15) is 5.10 Å². The maximum Gasteiger partial charge on any atom is 0.191 e. The second kappa shape index (κ2) is 10.4. The summed E-state index contributed by atoms with van der Waals surface area (Å²) in [6, 6.07) is 0. The molecule has 2 heterocycles. The van der Waals surface area contributed by atoms with Crippen LogP contribution in [0.5, 0.6) is 0 Å². The Bertz CT molecular complexity index is 637. The standard InChI is InChI=1S/C16H27N7O.HI/c1-4-18-15(19-6-5-8-23-9-7-17-13-23)20-12-16(2,24)14-10-21-22(3)11-14;/h7,9-11,13,24H,4-6,8,12H2,1-3H3,(H2,18,19,20);1H. The van der Waals surface area contributed by atoms with Crippen LogP contribution < -0.4 is 10.6 Å². The first-order valence-electron chi connectivity index (χ1n) is 8.20. The highest BCUT2D eigenvalue weighted by Crippen LogP contribution is 2.19. The molecule has 0 aliphatic rings. The molecule has 0 bridgehead atoms. The minimum Gasteiger partial charge on any atom is -0.383 e. The highest BCUT2D eigenvalue weighted by atomic mass is 127. The molecular weight excluding hydrogens is 433 g/mol. The molecule has 0 saturated carbocycles. The molecule has 0 aliphatic carbocycles. The number of aryl methyl sites for hydroxylation is 2. The third-order valence-corrected chi connectivity index (χ3v) is 3.66. The monoisotopic (exact) mass is 461 g/mol. The molecule has 25 heavy (non-hydrogen) atoms. The summed E-state index contributed by atoms with van der Waals surface area (Å²) in [6.07, 6.45) is 9.97. The molecule has 0 fully saturated rings. The lowest BCUT2D eigenvalue weighted by atomic mass is 10.0. The number of halogens is 1. The van der Waals surface area contributed by atoms with Gasteiger partial charge in [0.2, 0.25) is 0 Å². The van der Waals surface area contributed by atoms with E-state index in [0.717, 1.165) is 31.6 Å². The lowest BCUT2D eigenvalue weighted by molar-refractivity contribution is 0.0672. The van der Waals surface area contributed by atoms with E-state index in [2.05, 4.69) is 25.7 Å². The Morgan fingerprint density at radius 2 is 2.20 bits per heavy atom. The first kappa shape index (κ1) is 21.4. The molecule has 8 nitrogen and oxygen atoms in total. The zero-order valence-corrected chi connectivity index (χ0v) is 17.3. The summed E-state index contributed by atoms with van der Waals surface area (Å²) < 4.78 is 3.71. The summed E-state index contributed by atoms with van der Waals surface area (Å²) in [5, 5.41) is 21.2. The maximum absolute atomic E-state index is 10.6. The van der Waals surface area contributed by atoms with Crippen LogP contribution >= 0.6 is 24.0 Å². The van der Waals surface area contributed by atoms with Crippen LogP contribution in [0.1, 0.15) is 25.8 Å². The number of guanidine groups is 1. The molecule has 0 spiro atoms. The van der Waals surface area contributed by atoms with E-state index < -0.39 is 5.60 Å². The number of imidazole rings is 1. The predicted octanol–water partition coefficient (Wildman–Crippen LogP) is 1.09. The number of nitrogens with one attached hydrogen (secondary N) is 2. The minimum absolute atomic E-state index is 0. The topological polar surface area (TPSA) is 92.3 Å². The van der Waals surface area contributed by atoms with Gasteiger partial charge in [-0.1, -0.05) is 0 Å². The molecule has 0 aromatic carbocycles. The van der Waals surface area contributed by atoms with Crippen LogP contribution in [-0.4, -0.2) is 50.0 Å². The lowest BCUT2D eigenvalue weighted by Crippen LogP contribution is -2.39. The highest BCUT2D eigenvalue weighted by molar-refractivity contribution is 14.0. The largest absolute Gasteiger partial charge is 0.383 e. The smallest absolute Gasteiger partial charge is 0.191 e. The maximum atomic E-state index is 10.6. The average Bonchev–Trinajstić information content (AvgIpc) is 3.20. The van der Waals surface area contributed by atoms with E-state index in [0.29, 0.717) is 5.96 Å². The van der Waals surface area contributed by atoms with Crippen molar-refractivity contribution in [2.45, 2.75) is 32.4 Å². The Labute approximate surface area is 165 Å². The summed E-state index contributed by atoms with van der Waals surface area (Å²) >= 11 is 0. The predicted molar refractivity (Wildman–Crippen MR) is 109 cm³/mol. The minimum atomic E-state index is -1.05. The molecule has 0 aliphatic heterocycles. The molecular formula is C16H28IN7O. The third kappa shape index (κ3) is 7.02. The number of aliphatic imine (C=N–C) groups is 1. The Kier molecular flexibility index (Phi) is 8.90. The molecule has 140 valence electrons. The van der Waals surface area contributed by atoms with Crippen molar-refractivity contribution in [1.82, 2.24) is 30.0 Å². The van der Waals surface area contributed by atoms with Crippen molar-refractivity contribution in [3.05, 3.63) is 36.7 Å². The van der Waals surface area contributed by atoms with Gasteiger partial charge in [-0.25, -0.2) is 9.98 Å². The molecule has 3 N–H and O–H groups in total. The highest BCUT2D eigenvalue weighted by Gasteiger charge is 2.24. The average molecular weight is 461 g/mol. The molecule has 2 rings (SSSR count). The second-order valence-electron chi connectivity index (χ2n) is 5.95. The van der Waals surface area contributed by atoms with Crippen LogP contribution in [0.25, 0.3) is 0 Å². The quantitative estimate of drug-likeness (QED) is 0.237. The van der Waals surface area contributed by atoms with Gasteiger partial charge in [0, 0.05) is 50.8 Å². The molecule has 1 unspecified atom stereocenters. The number of aromatic nitrogens is 4. The van der Waals surface area contributed by atoms with E-state index in [9.17, 15) is 5.11 Å². The van der Waals surface area contributed by atoms with E-state index in [4.69, 9.17) is 0 Å². The Hall–Kier alpha value is -1.62. The Morgan fingerprint density at radius 1 is 1.40 bits per heavy atom. The van der Waals surface area contributed by atoms with Crippen molar-refractivity contribution < 1.29 is 5.11 Å². The molecule has 0 radical (unpaired) electrons. The van der Waals surface area contributed by atoms with Crippen molar-refractivity contribution in [2.24, 2.45) is 12.0 Å². The molecule has 0 amide bonds. The van der Waals surface area contributed by atoms with E-state index in [1.807, 2.05) is 31.1 Å². The molecule has 9 heteroatoms. The second-order valence-corrected chi connectivity index (χ2v) is 5.95. The van der Waals surface area contributed by atoms with Crippen molar-refractivity contribution in [3.63, 3.8) is 0 Å². The van der Waals surface area contributed by atoms with Gasteiger partial charge in [-0.15, -0.1) is 24.0 Å². The number of hydrogen-bond acceptors (Lipinski definition) is 4. The van der Waals surface area contributed by atoms with Crippen LogP contribution in [0, 0.1) is 0 Å². The number of rotatable bonds is 8. The van der Waals surface area contributed by atoms with Gasteiger partial charge < -0.3 is 20.3 Å². The van der Waals surface area contributed by atoms with Crippen LogP contribution in [0.3, 0.4) is 0 Å². The lowest BCUT2D eigenvalue weighted by Gasteiger charge is -2.20. The molecule has 0 saturated heterocycles.